The number of primary amides is 1. The Kier molecular flexibility index (Phi) is 4.25. The molecule has 1 aliphatic rings. The molecule has 2 N–H and O–H groups in total. The maximum Gasteiger partial charge on any atom is 0.256 e. The van der Waals surface area contributed by atoms with Gasteiger partial charge in [-0.15, -0.1) is 0 Å². The Labute approximate surface area is 121 Å². The smallest absolute Gasteiger partial charge is 0.256 e. The highest BCUT2D eigenvalue weighted by Crippen LogP contribution is 2.33. The Hall–Kier alpha value is -1.98. The number of carbonyl (C=O) groups excluding carboxylic acids is 2. The van der Waals surface area contributed by atoms with Crippen molar-refractivity contribution in [1.29, 1.82) is 0 Å². The fraction of sp³-hybridized carbons (Fsp3) is 0.467. The molecule has 1 fully saturated rings. The van der Waals surface area contributed by atoms with Gasteiger partial charge in [0, 0.05) is 19.2 Å². The summed E-state index contributed by atoms with van der Waals surface area (Å²) in [4.78, 5) is 25.5. The van der Waals surface area contributed by atoms with Crippen molar-refractivity contribution in [2.75, 3.05) is 13.1 Å². The van der Waals surface area contributed by atoms with E-state index >= 15 is 0 Å². The Morgan fingerprint density at radius 1 is 1.38 bits per heavy atom. The van der Waals surface area contributed by atoms with Crippen molar-refractivity contribution < 1.29 is 18.4 Å². The molecule has 1 saturated heterocycles. The van der Waals surface area contributed by atoms with Gasteiger partial charge in [-0.1, -0.05) is 6.92 Å². The molecule has 2 rings (SSSR count). The molecule has 2 amide bonds. The molecule has 1 atom stereocenters. The van der Waals surface area contributed by atoms with Gasteiger partial charge in [-0.25, -0.2) is 8.78 Å². The lowest BCUT2D eigenvalue weighted by Crippen LogP contribution is -2.52. The summed E-state index contributed by atoms with van der Waals surface area (Å²) in [6.45, 7) is 2.45. The third-order valence-corrected chi connectivity index (χ3v) is 4.23. The number of carbonyl (C=O) groups is 2. The molecule has 0 aromatic heterocycles. The van der Waals surface area contributed by atoms with Gasteiger partial charge < -0.3 is 10.6 Å². The Balaban J connectivity index is 2.25. The first-order valence-corrected chi connectivity index (χ1v) is 6.94. The van der Waals surface area contributed by atoms with E-state index in [0.29, 0.717) is 31.9 Å². The van der Waals surface area contributed by atoms with E-state index in [9.17, 15) is 18.4 Å². The zero-order valence-electron chi connectivity index (χ0n) is 11.9. The summed E-state index contributed by atoms with van der Waals surface area (Å²) in [5, 5.41) is 0. The maximum atomic E-state index is 13.7. The summed E-state index contributed by atoms with van der Waals surface area (Å²) in [5.74, 6) is -2.61. The minimum atomic E-state index is -0.897. The van der Waals surface area contributed by atoms with Crippen LogP contribution in [0.1, 0.15) is 36.5 Å². The lowest BCUT2D eigenvalue weighted by atomic mass is 9.77. The first kappa shape index (κ1) is 15.4. The second kappa shape index (κ2) is 5.79. The monoisotopic (exact) mass is 296 g/mol. The van der Waals surface area contributed by atoms with Crippen molar-refractivity contribution >= 4 is 11.8 Å². The average molecular weight is 296 g/mol. The van der Waals surface area contributed by atoms with Crippen LogP contribution in [0.3, 0.4) is 0 Å². The molecule has 1 aromatic rings. The number of amides is 2. The fourth-order valence-electron chi connectivity index (χ4n) is 2.80. The van der Waals surface area contributed by atoms with Crippen LogP contribution in [0.15, 0.2) is 18.2 Å². The number of benzene rings is 1. The number of hydrogen-bond donors (Lipinski definition) is 1. The first-order chi connectivity index (χ1) is 9.89. The predicted molar refractivity (Wildman–Crippen MR) is 73.4 cm³/mol. The molecule has 21 heavy (non-hydrogen) atoms. The van der Waals surface area contributed by atoms with E-state index < -0.39 is 28.9 Å². The zero-order valence-corrected chi connectivity index (χ0v) is 11.9. The van der Waals surface area contributed by atoms with Crippen molar-refractivity contribution in [3.8, 4) is 0 Å². The quantitative estimate of drug-likeness (QED) is 0.928. The van der Waals surface area contributed by atoms with E-state index in [2.05, 4.69) is 0 Å². The van der Waals surface area contributed by atoms with Crippen molar-refractivity contribution in [2.45, 2.75) is 26.2 Å². The van der Waals surface area contributed by atoms with Crippen LogP contribution in [0.4, 0.5) is 8.78 Å². The van der Waals surface area contributed by atoms with Gasteiger partial charge in [-0.05, 0) is 31.4 Å². The van der Waals surface area contributed by atoms with Crippen LogP contribution in [0, 0.1) is 17.0 Å². The number of halogens is 2. The van der Waals surface area contributed by atoms with Gasteiger partial charge in [0.15, 0.2) is 0 Å². The van der Waals surface area contributed by atoms with Crippen LogP contribution in [0.2, 0.25) is 0 Å². The molecule has 0 spiro atoms. The summed E-state index contributed by atoms with van der Waals surface area (Å²) < 4.78 is 26.6. The van der Waals surface area contributed by atoms with Gasteiger partial charge in [0.25, 0.3) is 5.91 Å². The summed E-state index contributed by atoms with van der Waals surface area (Å²) in [6.07, 6.45) is 1.78. The largest absolute Gasteiger partial charge is 0.369 e. The molecular weight excluding hydrogens is 278 g/mol. The highest BCUT2D eigenvalue weighted by molar-refractivity contribution is 5.95. The van der Waals surface area contributed by atoms with Crippen molar-refractivity contribution in [3.05, 3.63) is 35.4 Å². The number of likely N-dealkylation sites (tertiary alicyclic amines) is 1. The second-order valence-corrected chi connectivity index (χ2v) is 5.45. The van der Waals surface area contributed by atoms with Gasteiger partial charge in [0.05, 0.1) is 11.0 Å². The molecule has 1 aromatic carbocycles. The molecule has 0 bridgehead atoms. The van der Waals surface area contributed by atoms with Crippen LogP contribution >= 0.6 is 0 Å². The van der Waals surface area contributed by atoms with E-state index in [-0.39, 0.29) is 12.1 Å². The van der Waals surface area contributed by atoms with Crippen LogP contribution < -0.4 is 5.73 Å². The van der Waals surface area contributed by atoms with Crippen LogP contribution in [0.5, 0.6) is 0 Å². The molecule has 0 aliphatic carbocycles. The molecule has 114 valence electrons. The highest BCUT2D eigenvalue weighted by Gasteiger charge is 2.41. The summed E-state index contributed by atoms with van der Waals surface area (Å²) in [7, 11) is 0. The average Bonchev–Trinajstić information content (AvgIpc) is 2.46. The number of hydrogen-bond acceptors (Lipinski definition) is 2. The third-order valence-electron chi connectivity index (χ3n) is 4.23. The number of nitrogens with two attached hydrogens (primary N) is 1. The van der Waals surface area contributed by atoms with Gasteiger partial charge >= 0.3 is 0 Å². The van der Waals surface area contributed by atoms with Crippen molar-refractivity contribution in [1.82, 2.24) is 4.90 Å². The van der Waals surface area contributed by atoms with Gasteiger partial charge in [-0.2, -0.15) is 0 Å². The lowest BCUT2D eigenvalue weighted by molar-refractivity contribution is -0.130. The van der Waals surface area contributed by atoms with Crippen LogP contribution in [-0.2, 0) is 4.79 Å². The summed E-state index contributed by atoms with van der Waals surface area (Å²) in [5.41, 5.74) is 4.52. The third kappa shape index (κ3) is 2.89. The van der Waals surface area contributed by atoms with E-state index in [1.165, 1.54) is 4.90 Å². The Morgan fingerprint density at radius 2 is 2.10 bits per heavy atom. The summed E-state index contributed by atoms with van der Waals surface area (Å²) >= 11 is 0. The van der Waals surface area contributed by atoms with Crippen LogP contribution in [0.25, 0.3) is 0 Å². The number of nitrogens with zero attached hydrogens (tertiary/aromatic N) is 1. The van der Waals surface area contributed by atoms with E-state index in [0.717, 1.165) is 12.1 Å². The standard InChI is InChI=1S/C15H18F2N2O2/c1-2-15(14(18)21)6-3-7-19(9-15)13(20)11-5-4-10(16)8-12(11)17/h4-5,8H,2-3,6-7,9H2,1H3,(H2,18,21). The predicted octanol–water partition coefficient (Wildman–Crippen LogP) is 2.08. The topological polar surface area (TPSA) is 63.4 Å². The van der Waals surface area contributed by atoms with Crippen molar-refractivity contribution in [2.24, 2.45) is 11.1 Å². The Bertz CT molecular complexity index is 577. The highest BCUT2D eigenvalue weighted by atomic mass is 19.1. The van der Waals surface area contributed by atoms with E-state index in [4.69, 9.17) is 5.73 Å². The molecule has 4 nitrogen and oxygen atoms in total. The maximum absolute atomic E-state index is 13.7. The molecule has 0 saturated carbocycles. The molecule has 1 unspecified atom stereocenters. The van der Waals surface area contributed by atoms with Crippen molar-refractivity contribution in [3.63, 3.8) is 0 Å². The number of rotatable bonds is 3. The minimum Gasteiger partial charge on any atom is -0.369 e. The van der Waals surface area contributed by atoms with Gasteiger partial charge in [-0.3, -0.25) is 9.59 Å². The molecule has 6 heteroatoms. The van der Waals surface area contributed by atoms with E-state index in [1.807, 2.05) is 6.92 Å². The second-order valence-electron chi connectivity index (χ2n) is 5.45. The minimum absolute atomic E-state index is 0.175. The molecule has 1 aliphatic heterocycles. The van der Waals surface area contributed by atoms with Gasteiger partial charge in [0.1, 0.15) is 11.6 Å². The number of piperidine rings is 1. The van der Waals surface area contributed by atoms with Crippen LogP contribution in [-0.4, -0.2) is 29.8 Å². The summed E-state index contributed by atoms with van der Waals surface area (Å²) in [6, 6.07) is 2.85. The Morgan fingerprint density at radius 3 is 2.67 bits per heavy atom. The first-order valence-electron chi connectivity index (χ1n) is 6.94. The molecule has 0 radical (unpaired) electrons. The normalized spacial score (nSPS) is 22.1. The zero-order chi connectivity index (χ0) is 15.6. The molecular formula is C15H18F2N2O2. The molecule has 1 heterocycles. The lowest BCUT2D eigenvalue weighted by Gasteiger charge is -2.40. The van der Waals surface area contributed by atoms with E-state index in [1.54, 1.807) is 0 Å². The van der Waals surface area contributed by atoms with Gasteiger partial charge in [0.2, 0.25) is 5.91 Å². The SMILES string of the molecule is CCC1(C(N)=O)CCCN(C(=O)c2ccc(F)cc2F)C1. The fourth-order valence-corrected chi connectivity index (χ4v) is 2.80.